The van der Waals surface area contributed by atoms with Crippen molar-refractivity contribution in [3.05, 3.63) is 46.8 Å². The average molecular weight is 272 g/mol. The Bertz CT molecular complexity index is 629. The summed E-state index contributed by atoms with van der Waals surface area (Å²) < 4.78 is 7.24. The van der Waals surface area contributed by atoms with Gasteiger partial charge in [0.25, 0.3) is 0 Å². The number of benzene rings is 1. The van der Waals surface area contributed by atoms with Gasteiger partial charge < -0.3 is 4.74 Å². The van der Waals surface area contributed by atoms with Crippen LogP contribution in [0.4, 0.5) is 0 Å². The molecule has 106 valence electrons. The molecule has 0 spiro atoms. The average Bonchev–Trinajstić information content (AvgIpc) is 2.66. The molecule has 4 heteroatoms. The first-order chi connectivity index (χ1) is 9.52. The molecule has 0 fully saturated rings. The van der Waals surface area contributed by atoms with Crippen molar-refractivity contribution < 1.29 is 9.53 Å². The van der Waals surface area contributed by atoms with Crippen molar-refractivity contribution >= 4 is 5.78 Å². The molecule has 0 aliphatic rings. The Morgan fingerprint density at radius 3 is 2.70 bits per heavy atom. The summed E-state index contributed by atoms with van der Waals surface area (Å²) in [5, 5.41) is 4.34. The number of carbonyl (C=O) groups excluding carboxylic acids is 1. The second kappa shape index (κ2) is 5.90. The lowest BCUT2D eigenvalue weighted by Gasteiger charge is -2.06. The summed E-state index contributed by atoms with van der Waals surface area (Å²) in [6.45, 7) is 6.45. The normalized spacial score (nSPS) is 10.6. The first-order valence-corrected chi connectivity index (χ1v) is 6.78. The minimum atomic E-state index is 0.0887. The smallest absolute Gasteiger partial charge is 0.167 e. The Kier molecular flexibility index (Phi) is 4.23. The SMILES string of the molecule is CCOc1cccc(C(=O)Cc2c(C)nn(C)c2C)c1. The number of nitrogens with zero attached hydrogens (tertiary/aromatic N) is 2. The summed E-state index contributed by atoms with van der Waals surface area (Å²) in [5.41, 5.74) is 3.65. The van der Waals surface area contributed by atoms with Crippen LogP contribution in [0.3, 0.4) is 0 Å². The Morgan fingerprint density at radius 2 is 2.10 bits per heavy atom. The minimum absolute atomic E-state index is 0.0887. The lowest BCUT2D eigenvalue weighted by Crippen LogP contribution is -2.06. The van der Waals surface area contributed by atoms with Crippen LogP contribution >= 0.6 is 0 Å². The molecule has 0 aliphatic heterocycles. The van der Waals surface area contributed by atoms with Crippen LogP contribution in [0, 0.1) is 13.8 Å². The van der Waals surface area contributed by atoms with Gasteiger partial charge in [-0.15, -0.1) is 0 Å². The fourth-order valence-electron chi connectivity index (χ4n) is 2.26. The van der Waals surface area contributed by atoms with Crippen molar-refractivity contribution in [3.63, 3.8) is 0 Å². The highest BCUT2D eigenvalue weighted by Gasteiger charge is 2.15. The molecule has 1 heterocycles. The van der Waals surface area contributed by atoms with Crippen molar-refractivity contribution in [1.82, 2.24) is 9.78 Å². The van der Waals surface area contributed by atoms with Crippen LogP contribution in [-0.2, 0) is 13.5 Å². The third-order valence-electron chi connectivity index (χ3n) is 3.46. The van der Waals surface area contributed by atoms with Crippen molar-refractivity contribution in [2.75, 3.05) is 6.61 Å². The molecule has 4 nitrogen and oxygen atoms in total. The van der Waals surface area contributed by atoms with E-state index in [4.69, 9.17) is 4.74 Å². The fraction of sp³-hybridized carbons (Fsp3) is 0.375. The molecule has 0 bridgehead atoms. The molecule has 0 saturated carbocycles. The maximum Gasteiger partial charge on any atom is 0.167 e. The molecule has 0 atom stereocenters. The van der Waals surface area contributed by atoms with Gasteiger partial charge in [-0.25, -0.2) is 0 Å². The molecule has 2 aromatic rings. The van der Waals surface area contributed by atoms with E-state index in [0.717, 1.165) is 22.7 Å². The Balaban J connectivity index is 2.21. The van der Waals surface area contributed by atoms with Crippen LogP contribution in [0.5, 0.6) is 5.75 Å². The molecule has 1 aromatic heterocycles. The maximum atomic E-state index is 12.4. The van der Waals surface area contributed by atoms with Gasteiger partial charge >= 0.3 is 0 Å². The van der Waals surface area contributed by atoms with Gasteiger partial charge in [-0.1, -0.05) is 12.1 Å². The van der Waals surface area contributed by atoms with Crippen LogP contribution in [0.25, 0.3) is 0 Å². The van der Waals surface area contributed by atoms with Crippen molar-refractivity contribution in [3.8, 4) is 5.75 Å². The number of hydrogen-bond acceptors (Lipinski definition) is 3. The molecule has 20 heavy (non-hydrogen) atoms. The molecular weight excluding hydrogens is 252 g/mol. The van der Waals surface area contributed by atoms with E-state index in [2.05, 4.69) is 5.10 Å². The predicted molar refractivity (Wildman–Crippen MR) is 78.3 cm³/mol. The summed E-state index contributed by atoms with van der Waals surface area (Å²) in [5.74, 6) is 0.823. The third-order valence-corrected chi connectivity index (χ3v) is 3.46. The van der Waals surface area contributed by atoms with E-state index < -0.39 is 0 Å². The van der Waals surface area contributed by atoms with Gasteiger partial charge in [0.15, 0.2) is 5.78 Å². The zero-order valence-corrected chi connectivity index (χ0v) is 12.4. The van der Waals surface area contributed by atoms with Gasteiger partial charge in [-0.05, 0) is 32.9 Å². The van der Waals surface area contributed by atoms with Crippen molar-refractivity contribution in [2.45, 2.75) is 27.2 Å². The molecule has 0 unspecified atom stereocenters. The van der Waals surface area contributed by atoms with Crippen LogP contribution in [0.2, 0.25) is 0 Å². The van der Waals surface area contributed by atoms with Gasteiger partial charge in [0, 0.05) is 30.3 Å². The van der Waals surface area contributed by atoms with E-state index in [-0.39, 0.29) is 5.78 Å². The fourth-order valence-corrected chi connectivity index (χ4v) is 2.26. The molecule has 0 aliphatic carbocycles. The Hall–Kier alpha value is -2.10. The van der Waals surface area contributed by atoms with E-state index in [0.29, 0.717) is 18.6 Å². The van der Waals surface area contributed by atoms with E-state index >= 15 is 0 Å². The molecule has 0 saturated heterocycles. The number of rotatable bonds is 5. The predicted octanol–water partition coefficient (Wildman–Crippen LogP) is 2.86. The van der Waals surface area contributed by atoms with Crippen molar-refractivity contribution in [1.29, 1.82) is 0 Å². The second-order valence-corrected chi connectivity index (χ2v) is 4.83. The Morgan fingerprint density at radius 1 is 1.35 bits per heavy atom. The standard InChI is InChI=1S/C16H20N2O2/c1-5-20-14-8-6-7-13(9-14)16(19)10-15-11(2)17-18(4)12(15)3/h6-9H,5,10H2,1-4H3. The molecule has 2 rings (SSSR count). The van der Waals surface area contributed by atoms with E-state index in [1.165, 1.54) is 0 Å². The minimum Gasteiger partial charge on any atom is -0.494 e. The number of aromatic nitrogens is 2. The number of Topliss-reactive ketones (excluding diaryl/α,β-unsaturated/α-hetero) is 1. The topological polar surface area (TPSA) is 44.1 Å². The quantitative estimate of drug-likeness (QED) is 0.786. The van der Waals surface area contributed by atoms with Crippen LogP contribution in [0.1, 0.15) is 34.2 Å². The Labute approximate surface area is 119 Å². The van der Waals surface area contributed by atoms with E-state index in [1.807, 2.05) is 50.7 Å². The zero-order valence-electron chi connectivity index (χ0n) is 12.4. The third kappa shape index (κ3) is 2.90. The summed E-state index contributed by atoms with van der Waals surface area (Å²) in [4.78, 5) is 12.4. The second-order valence-electron chi connectivity index (χ2n) is 4.83. The highest BCUT2D eigenvalue weighted by atomic mass is 16.5. The molecule has 0 amide bonds. The van der Waals surface area contributed by atoms with Crippen LogP contribution in [-0.4, -0.2) is 22.2 Å². The largest absolute Gasteiger partial charge is 0.494 e. The summed E-state index contributed by atoms with van der Waals surface area (Å²) in [7, 11) is 1.89. The van der Waals surface area contributed by atoms with Crippen LogP contribution in [0.15, 0.2) is 24.3 Å². The molecule has 0 N–H and O–H groups in total. The van der Waals surface area contributed by atoms with E-state index in [1.54, 1.807) is 6.07 Å². The van der Waals surface area contributed by atoms with Gasteiger partial charge in [0.05, 0.1) is 12.3 Å². The van der Waals surface area contributed by atoms with Gasteiger partial charge in [0.2, 0.25) is 0 Å². The van der Waals surface area contributed by atoms with Gasteiger partial charge in [-0.2, -0.15) is 5.10 Å². The number of ether oxygens (including phenoxy) is 1. The van der Waals surface area contributed by atoms with Gasteiger partial charge in [-0.3, -0.25) is 9.48 Å². The number of ketones is 1. The highest BCUT2D eigenvalue weighted by Crippen LogP contribution is 2.18. The highest BCUT2D eigenvalue weighted by molar-refractivity contribution is 5.98. The summed E-state index contributed by atoms with van der Waals surface area (Å²) in [6, 6.07) is 7.33. The van der Waals surface area contributed by atoms with E-state index in [9.17, 15) is 4.79 Å². The molecule has 1 aromatic carbocycles. The van der Waals surface area contributed by atoms with Crippen molar-refractivity contribution in [2.24, 2.45) is 7.05 Å². The van der Waals surface area contributed by atoms with Gasteiger partial charge in [0.1, 0.15) is 5.75 Å². The van der Waals surface area contributed by atoms with Crippen LogP contribution < -0.4 is 4.74 Å². The monoisotopic (exact) mass is 272 g/mol. The first kappa shape index (κ1) is 14.3. The molecular formula is C16H20N2O2. The summed E-state index contributed by atoms with van der Waals surface area (Å²) in [6.07, 6.45) is 0.376. The first-order valence-electron chi connectivity index (χ1n) is 6.78. The maximum absolute atomic E-state index is 12.4. The molecule has 0 radical (unpaired) electrons. The lowest BCUT2D eigenvalue weighted by atomic mass is 10.0. The number of carbonyl (C=O) groups is 1. The lowest BCUT2D eigenvalue weighted by molar-refractivity contribution is 0.0992. The number of hydrogen-bond donors (Lipinski definition) is 0. The zero-order chi connectivity index (χ0) is 14.7. The summed E-state index contributed by atoms with van der Waals surface area (Å²) >= 11 is 0. The number of aryl methyl sites for hydroxylation is 2.